The Morgan fingerprint density at radius 1 is 1.20 bits per heavy atom. The van der Waals surface area contributed by atoms with Crippen molar-refractivity contribution < 1.29 is 29.2 Å². The molecule has 0 bridgehead atoms. The van der Waals surface area contributed by atoms with Crippen LogP contribution in [-0.2, 0) is 14.3 Å². The van der Waals surface area contributed by atoms with Crippen LogP contribution in [0.5, 0.6) is 0 Å². The topological polar surface area (TPSA) is 161 Å². The molecule has 35 heavy (non-hydrogen) atoms. The molecule has 1 aliphatic rings. The lowest BCUT2D eigenvalue weighted by Crippen LogP contribution is -2.41. The van der Waals surface area contributed by atoms with Gasteiger partial charge in [-0.2, -0.15) is 0 Å². The lowest BCUT2D eigenvalue weighted by Gasteiger charge is -2.31. The second-order valence-corrected chi connectivity index (χ2v) is 7.89. The molecule has 0 spiro atoms. The van der Waals surface area contributed by atoms with Gasteiger partial charge in [-0.05, 0) is 31.5 Å². The van der Waals surface area contributed by atoms with E-state index < -0.39 is 40.8 Å². The number of esters is 1. The third kappa shape index (κ3) is 5.57. The van der Waals surface area contributed by atoms with Crippen molar-refractivity contribution in [2.75, 3.05) is 0 Å². The van der Waals surface area contributed by atoms with Gasteiger partial charge in [0.25, 0.3) is 11.6 Å². The number of nitrogens with one attached hydrogen (secondary N) is 1. The van der Waals surface area contributed by atoms with E-state index in [0.717, 1.165) is 0 Å². The molecule has 1 aromatic heterocycles. The van der Waals surface area contributed by atoms with Crippen LogP contribution in [0.3, 0.4) is 0 Å². The van der Waals surface area contributed by atoms with E-state index in [0.29, 0.717) is 0 Å². The number of amides is 1. The van der Waals surface area contributed by atoms with E-state index >= 15 is 0 Å². The molecule has 182 valence electrons. The minimum absolute atomic E-state index is 0.0472. The molecule has 3 atom stereocenters. The molecule has 3 rings (SSSR count). The van der Waals surface area contributed by atoms with Gasteiger partial charge in [0.1, 0.15) is 11.6 Å². The smallest absolute Gasteiger partial charge is 0.338 e. The summed E-state index contributed by atoms with van der Waals surface area (Å²) < 4.78 is 5.54. The summed E-state index contributed by atoms with van der Waals surface area (Å²) in [4.78, 5) is 56.9. The largest absolute Gasteiger partial charge is 0.481 e. The number of aliphatic carboxylic acids is 1. The van der Waals surface area contributed by atoms with E-state index in [2.05, 4.69) is 15.3 Å². The fraction of sp³-hybridized carbons (Fsp3) is 0.292. The number of ether oxygens (including phenoxy) is 1. The molecule has 0 radical (unpaired) electrons. The van der Waals surface area contributed by atoms with Gasteiger partial charge in [-0.25, -0.2) is 4.79 Å². The highest BCUT2D eigenvalue weighted by molar-refractivity contribution is 6.06. The highest BCUT2D eigenvalue weighted by Crippen LogP contribution is 2.40. The van der Waals surface area contributed by atoms with Crippen LogP contribution in [0.4, 0.5) is 5.69 Å². The average Bonchev–Trinajstić information content (AvgIpc) is 2.83. The summed E-state index contributed by atoms with van der Waals surface area (Å²) in [5.74, 6) is -4.99. The summed E-state index contributed by atoms with van der Waals surface area (Å²) in [5, 5.41) is 23.8. The molecule has 2 aromatic rings. The molecule has 0 saturated carbocycles. The van der Waals surface area contributed by atoms with E-state index in [-0.39, 0.29) is 40.3 Å². The van der Waals surface area contributed by atoms with E-state index in [1.807, 2.05) is 0 Å². The van der Waals surface area contributed by atoms with Gasteiger partial charge >= 0.3 is 11.9 Å². The highest BCUT2D eigenvalue weighted by atomic mass is 16.6. The first-order valence-electron chi connectivity index (χ1n) is 10.8. The predicted octanol–water partition coefficient (Wildman–Crippen LogP) is 3.23. The predicted molar refractivity (Wildman–Crippen MR) is 125 cm³/mol. The zero-order valence-electron chi connectivity index (χ0n) is 19.3. The maximum Gasteiger partial charge on any atom is 0.338 e. The average molecular weight is 480 g/mol. The Hall–Kier alpha value is -4.41. The quantitative estimate of drug-likeness (QED) is 0.252. The molecule has 1 amide bonds. The van der Waals surface area contributed by atoms with Crippen molar-refractivity contribution in [2.24, 2.45) is 10.9 Å². The normalized spacial score (nSPS) is 18.3. The number of rotatable bonds is 8. The van der Waals surface area contributed by atoms with Crippen LogP contribution >= 0.6 is 0 Å². The first-order valence-corrected chi connectivity index (χ1v) is 10.8. The summed E-state index contributed by atoms with van der Waals surface area (Å²) in [6, 6.07) is 10.3. The van der Waals surface area contributed by atoms with Gasteiger partial charge in [0.05, 0.1) is 10.5 Å². The van der Waals surface area contributed by atoms with Crippen molar-refractivity contribution in [3.63, 3.8) is 0 Å². The number of hydrogen-bond donors (Lipinski definition) is 2. The first kappa shape index (κ1) is 25.2. The number of carboxylic acid groups (broad SMARTS) is 1. The Balaban J connectivity index is 1.97. The number of carbonyl (C=O) groups is 3. The van der Waals surface area contributed by atoms with Crippen molar-refractivity contribution in [1.82, 2.24) is 10.3 Å². The Labute approximate surface area is 200 Å². The summed E-state index contributed by atoms with van der Waals surface area (Å²) in [7, 11) is 0. The summed E-state index contributed by atoms with van der Waals surface area (Å²) >= 11 is 0. The lowest BCUT2D eigenvalue weighted by molar-refractivity contribution is -0.384. The van der Waals surface area contributed by atoms with Crippen molar-refractivity contribution in [1.29, 1.82) is 0 Å². The molecule has 0 saturated heterocycles. The van der Waals surface area contributed by atoms with Crippen LogP contribution < -0.4 is 5.32 Å². The Morgan fingerprint density at radius 2 is 1.94 bits per heavy atom. The molecule has 0 fully saturated rings. The minimum Gasteiger partial charge on any atom is -0.481 e. The van der Waals surface area contributed by atoms with E-state index in [9.17, 15) is 29.6 Å². The number of non-ortho nitro benzene ring substituents is 1. The van der Waals surface area contributed by atoms with Gasteiger partial charge in [-0.1, -0.05) is 25.1 Å². The van der Waals surface area contributed by atoms with E-state index in [1.165, 1.54) is 50.4 Å². The van der Waals surface area contributed by atoms with E-state index in [1.54, 1.807) is 19.1 Å². The van der Waals surface area contributed by atoms with Gasteiger partial charge in [0.2, 0.25) is 0 Å². The van der Waals surface area contributed by atoms with Crippen LogP contribution in [0.15, 0.2) is 64.9 Å². The molecule has 0 aliphatic carbocycles. The molecule has 11 heteroatoms. The molecule has 2 N–H and O–H groups in total. The number of hydrogen-bond acceptors (Lipinski definition) is 8. The molecule has 1 aliphatic heterocycles. The van der Waals surface area contributed by atoms with Crippen molar-refractivity contribution in [2.45, 2.75) is 39.3 Å². The molecule has 1 aromatic carbocycles. The second-order valence-electron chi connectivity index (χ2n) is 7.89. The molecule has 2 heterocycles. The maximum atomic E-state index is 13.3. The van der Waals surface area contributed by atoms with Gasteiger partial charge in [0, 0.05) is 42.1 Å². The number of aliphatic imine (C=N–C) groups is 1. The molecule has 3 unspecified atom stereocenters. The number of nitro benzene ring substituents is 1. The van der Waals surface area contributed by atoms with Gasteiger partial charge in [-0.3, -0.25) is 29.7 Å². The first-order chi connectivity index (χ1) is 16.6. The number of carboxylic acids is 1. The van der Waals surface area contributed by atoms with Gasteiger partial charge in [0.15, 0.2) is 6.23 Å². The van der Waals surface area contributed by atoms with Crippen molar-refractivity contribution in [3.8, 4) is 0 Å². The number of aromatic nitrogens is 1. The minimum atomic E-state index is -1.24. The SMILES string of the molecule is CCC(NC(=O)c1ccccn1)OC(=O)C1=C(C)N=C(C)C(C(=O)O)C1c1cccc([N+](=O)[O-])c1. The van der Waals surface area contributed by atoms with Gasteiger partial charge < -0.3 is 15.2 Å². The lowest BCUT2D eigenvalue weighted by atomic mass is 9.75. The van der Waals surface area contributed by atoms with Crippen molar-refractivity contribution in [3.05, 3.63) is 81.3 Å². The third-order valence-corrected chi connectivity index (χ3v) is 5.56. The molecular weight excluding hydrogens is 456 g/mol. The number of nitrogens with zero attached hydrogens (tertiary/aromatic N) is 3. The number of pyridine rings is 1. The number of benzene rings is 1. The van der Waals surface area contributed by atoms with Crippen LogP contribution in [0.1, 0.15) is 49.2 Å². The zero-order chi connectivity index (χ0) is 25.7. The van der Waals surface area contributed by atoms with Crippen LogP contribution in [-0.4, -0.2) is 44.8 Å². The summed E-state index contributed by atoms with van der Waals surface area (Å²) in [5.41, 5.74) is 0.583. The second kappa shape index (κ2) is 10.7. The fourth-order valence-corrected chi connectivity index (χ4v) is 3.94. The van der Waals surface area contributed by atoms with Crippen molar-refractivity contribution >= 4 is 29.2 Å². The van der Waals surface area contributed by atoms with Crippen LogP contribution in [0.2, 0.25) is 0 Å². The highest BCUT2D eigenvalue weighted by Gasteiger charge is 2.42. The van der Waals surface area contributed by atoms with E-state index in [4.69, 9.17) is 4.74 Å². The Morgan fingerprint density at radius 3 is 2.54 bits per heavy atom. The summed E-state index contributed by atoms with van der Waals surface area (Å²) in [6.07, 6.45) is 0.648. The summed E-state index contributed by atoms with van der Waals surface area (Å²) in [6.45, 7) is 4.76. The molecule has 11 nitrogen and oxygen atoms in total. The Kier molecular flexibility index (Phi) is 7.69. The van der Waals surface area contributed by atoms with Crippen LogP contribution in [0, 0.1) is 16.0 Å². The third-order valence-electron chi connectivity index (χ3n) is 5.56. The number of nitro groups is 1. The zero-order valence-corrected chi connectivity index (χ0v) is 19.3. The Bertz CT molecular complexity index is 1220. The maximum absolute atomic E-state index is 13.3. The monoisotopic (exact) mass is 480 g/mol. The fourth-order valence-electron chi connectivity index (χ4n) is 3.94. The standard InChI is InChI=1S/C24H24N4O7/c1-4-18(27-22(29)17-10-5-6-11-25-17)35-24(32)20-14(3)26-13(2)19(23(30)31)21(20)15-8-7-9-16(12-15)28(33)34/h5-12,18-19,21H,4H2,1-3H3,(H,27,29)(H,30,31). The molecular formula is C24H24N4O7. The van der Waals surface area contributed by atoms with Gasteiger partial charge in [-0.15, -0.1) is 0 Å². The number of carbonyl (C=O) groups excluding carboxylic acids is 2. The van der Waals surface area contributed by atoms with Crippen LogP contribution in [0.25, 0.3) is 0 Å². The number of allylic oxidation sites excluding steroid dienone is 1.